The average Bonchev–Trinajstić information content (AvgIpc) is 3.18. The van der Waals surface area contributed by atoms with E-state index in [-0.39, 0.29) is 41.5 Å². The van der Waals surface area contributed by atoms with E-state index in [0.717, 1.165) is 26.1 Å². The second-order valence-electron chi connectivity index (χ2n) is 6.63. The minimum absolute atomic E-state index is 0. The van der Waals surface area contributed by atoms with E-state index >= 15 is 0 Å². The van der Waals surface area contributed by atoms with E-state index in [9.17, 15) is 8.42 Å². The van der Waals surface area contributed by atoms with Crippen LogP contribution in [0.4, 0.5) is 5.69 Å². The van der Waals surface area contributed by atoms with Crippen molar-refractivity contribution < 1.29 is 8.42 Å². The van der Waals surface area contributed by atoms with Crippen molar-refractivity contribution in [2.75, 3.05) is 43.1 Å². The Morgan fingerprint density at radius 2 is 2.04 bits per heavy atom. The number of aliphatic imine (C=N–C) groups is 1. The lowest BCUT2D eigenvalue weighted by molar-refractivity contribution is 0.558. The molecule has 2 heterocycles. The van der Waals surface area contributed by atoms with Crippen molar-refractivity contribution >= 4 is 45.5 Å². The molecule has 0 radical (unpaired) electrons. The van der Waals surface area contributed by atoms with E-state index in [1.165, 1.54) is 5.69 Å². The van der Waals surface area contributed by atoms with E-state index in [4.69, 9.17) is 0 Å². The molecule has 0 saturated carbocycles. The normalized spacial score (nSPS) is 25.5. The number of hydrogen-bond donors (Lipinski definition) is 2. The highest BCUT2D eigenvalue weighted by Crippen LogP contribution is 2.22. The van der Waals surface area contributed by atoms with Gasteiger partial charge in [0.1, 0.15) is 0 Å². The van der Waals surface area contributed by atoms with Gasteiger partial charge in [0, 0.05) is 38.4 Å². The van der Waals surface area contributed by atoms with Crippen LogP contribution >= 0.6 is 24.0 Å². The fourth-order valence-electron chi connectivity index (χ4n) is 3.41. The van der Waals surface area contributed by atoms with Crippen molar-refractivity contribution in [3.05, 3.63) is 30.3 Å². The molecule has 2 fully saturated rings. The molecule has 0 bridgehead atoms. The van der Waals surface area contributed by atoms with Crippen LogP contribution in [0.15, 0.2) is 35.3 Å². The number of anilines is 1. The number of halogens is 1. The number of hydrogen-bond acceptors (Lipinski definition) is 4. The molecule has 1 aromatic carbocycles. The molecule has 25 heavy (non-hydrogen) atoms. The first kappa shape index (κ1) is 20.3. The molecule has 2 saturated heterocycles. The molecule has 2 atom stereocenters. The Balaban J connectivity index is 0.00000225. The largest absolute Gasteiger partial charge is 0.371 e. The zero-order valence-electron chi connectivity index (χ0n) is 14.5. The summed E-state index contributed by atoms with van der Waals surface area (Å²) < 4.78 is 23.1. The van der Waals surface area contributed by atoms with Crippen LogP contribution < -0.4 is 15.5 Å². The number of nitrogens with zero attached hydrogens (tertiary/aromatic N) is 2. The summed E-state index contributed by atoms with van der Waals surface area (Å²) in [7, 11) is -1.14. The molecular formula is C17H27IN4O2S. The summed E-state index contributed by atoms with van der Waals surface area (Å²) in [6, 6.07) is 10.5. The minimum Gasteiger partial charge on any atom is -0.371 e. The van der Waals surface area contributed by atoms with Gasteiger partial charge in [-0.25, -0.2) is 8.42 Å². The summed E-state index contributed by atoms with van der Waals surface area (Å²) in [5, 5.41) is 6.59. The molecule has 2 unspecified atom stereocenters. The summed E-state index contributed by atoms with van der Waals surface area (Å²) in [6.45, 7) is 2.96. The van der Waals surface area contributed by atoms with E-state index in [0.29, 0.717) is 18.3 Å². The molecule has 2 aliphatic heterocycles. The lowest BCUT2D eigenvalue weighted by atomic mass is 10.1. The summed E-state index contributed by atoms with van der Waals surface area (Å²) >= 11 is 0. The Labute approximate surface area is 167 Å². The molecule has 6 nitrogen and oxygen atoms in total. The molecular weight excluding hydrogens is 451 g/mol. The van der Waals surface area contributed by atoms with Gasteiger partial charge in [-0.1, -0.05) is 18.2 Å². The summed E-state index contributed by atoms with van der Waals surface area (Å²) in [4.78, 5) is 6.63. The van der Waals surface area contributed by atoms with Crippen molar-refractivity contribution in [1.29, 1.82) is 0 Å². The van der Waals surface area contributed by atoms with Crippen molar-refractivity contribution in [2.24, 2.45) is 10.9 Å². The Morgan fingerprint density at radius 1 is 1.28 bits per heavy atom. The van der Waals surface area contributed by atoms with Crippen LogP contribution in [-0.4, -0.2) is 58.6 Å². The second-order valence-corrected chi connectivity index (χ2v) is 8.86. The summed E-state index contributed by atoms with van der Waals surface area (Å²) in [5.41, 5.74) is 1.28. The molecule has 0 amide bonds. The Morgan fingerprint density at radius 3 is 2.68 bits per heavy atom. The van der Waals surface area contributed by atoms with Crippen LogP contribution in [-0.2, 0) is 9.84 Å². The Bertz CT molecular complexity index is 681. The van der Waals surface area contributed by atoms with Gasteiger partial charge < -0.3 is 15.5 Å². The third-order valence-electron chi connectivity index (χ3n) is 4.76. The Kier molecular flexibility index (Phi) is 7.36. The van der Waals surface area contributed by atoms with Crippen LogP contribution in [0.3, 0.4) is 0 Å². The van der Waals surface area contributed by atoms with Crippen molar-refractivity contribution in [3.8, 4) is 0 Å². The fraction of sp³-hybridized carbons (Fsp3) is 0.588. The van der Waals surface area contributed by atoms with Crippen LogP contribution in [0.2, 0.25) is 0 Å². The van der Waals surface area contributed by atoms with Crippen LogP contribution in [0.1, 0.15) is 12.8 Å². The molecule has 140 valence electrons. The van der Waals surface area contributed by atoms with Crippen LogP contribution in [0, 0.1) is 5.92 Å². The monoisotopic (exact) mass is 478 g/mol. The smallest absolute Gasteiger partial charge is 0.191 e. The number of rotatable bonds is 4. The van der Waals surface area contributed by atoms with E-state index < -0.39 is 9.84 Å². The number of guanidine groups is 1. The van der Waals surface area contributed by atoms with Crippen molar-refractivity contribution in [3.63, 3.8) is 0 Å². The van der Waals surface area contributed by atoms with Gasteiger partial charge >= 0.3 is 0 Å². The minimum atomic E-state index is -2.87. The maximum absolute atomic E-state index is 11.5. The number of sulfone groups is 1. The zero-order chi connectivity index (χ0) is 17.0. The van der Waals surface area contributed by atoms with Crippen LogP contribution in [0.25, 0.3) is 0 Å². The molecule has 3 rings (SSSR count). The van der Waals surface area contributed by atoms with Gasteiger partial charge in [0.2, 0.25) is 0 Å². The zero-order valence-corrected chi connectivity index (χ0v) is 17.7. The number of nitrogens with one attached hydrogen (secondary N) is 2. The lowest BCUT2D eigenvalue weighted by Crippen LogP contribution is -2.45. The fourth-order valence-corrected chi connectivity index (χ4v) is 5.08. The van der Waals surface area contributed by atoms with Crippen molar-refractivity contribution in [2.45, 2.75) is 18.9 Å². The maximum Gasteiger partial charge on any atom is 0.191 e. The van der Waals surface area contributed by atoms with Gasteiger partial charge in [-0.2, -0.15) is 0 Å². The molecule has 0 aliphatic carbocycles. The first-order chi connectivity index (χ1) is 11.6. The lowest BCUT2D eigenvalue weighted by Gasteiger charge is -2.20. The molecule has 0 spiro atoms. The summed E-state index contributed by atoms with van der Waals surface area (Å²) in [5.74, 6) is 1.75. The van der Waals surface area contributed by atoms with Gasteiger partial charge in [-0.15, -0.1) is 24.0 Å². The van der Waals surface area contributed by atoms with Gasteiger partial charge in [-0.05, 0) is 30.9 Å². The van der Waals surface area contributed by atoms with Gasteiger partial charge in [0.15, 0.2) is 15.8 Å². The standard InChI is InChI=1S/C17H26N4O2S.HI/c1-18-17(20-15-8-10-24(22,23)13-15)19-11-14-7-9-21(12-14)16-5-3-2-4-6-16;/h2-6,14-15H,7-13H2,1H3,(H2,18,19,20);1H. The van der Waals surface area contributed by atoms with Gasteiger partial charge in [0.05, 0.1) is 11.5 Å². The van der Waals surface area contributed by atoms with Gasteiger partial charge in [0.25, 0.3) is 0 Å². The molecule has 2 aliphatic rings. The highest BCUT2D eigenvalue weighted by Gasteiger charge is 2.29. The molecule has 1 aromatic rings. The first-order valence-corrected chi connectivity index (χ1v) is 10.4. The van der Waals surface area contributed by atoms with E-state index in [2.05, 4.69) is 44.8 Å². The average molecular weight is 478 g/mol. The predicted octanol–water partition coefficient (Wildman–Crippen LogP) is 1.48. The first-order valence-electron chi connectivity index (χ1n) is 8.53. The third kappa shape index (κ3) is 5.73. The van der Waals surface area contributed by atoms with Gasteiger partial charge in [-0.3, -0.25) is 4.99 Å². The van der Waals surface area contributed by atoms with Crippen LogP contribution in [0.5, 0.6) is 0 Å². The molecule has 8 heteroatoms. The predicted molar refractivity (Wildman–Crippen MR) is 114 cm³/mol. The Hall–Kier alpha value is -1.03. The van der Waals surface area contributed by atoms with E-state index in [1.807, 2.05) is 6.07 Å². The third-order valence-corrected chi connectivity index (χ3v) is 6.53. The summed E-state index contributed by atoms with van der Waals surface area (Å²) in [6.07, 6.45) is 1.81. The molecule has 0 aromatic heterocycles. The van der Waals surface area contributed by atoms with E-state index in [1.54, 1.807) is 7.05 Å². The highest BCUT2D eigenvalue weighted by molar-refractivity contribution is 14.0. The number of para-hydroxylation sites is 1. The topological polar surface area (TPSA) is 73.8 Å². The second kappa shape index (κ2) is 9.07. The van der Waals surface area contributed by atoms with Crippen molar-refractivity contribution in [1.82, 2.24) is 10.6 Å². The quantitative estimate of drug-likeness (QED) is 0.390. The SMILES string of the molecule is CN=C(NCC1CCN(c2ccccc2)C1)NC1CCS(=O)(=O)C1.I. The maximum atomic E-state index is 11.5. The number of benzene rings is 1. The molecule has 2 N–H and O–H groups in total. The highest BCUT2D eigenvalue weighted by atomic mass is 127.